The van der Waals surface area contributed by atoms with Gasteiger partial charge in [-0.25, -0.2) is 13.2 Å². The van der Waals surface area contributed by atoms with E-state index < -0.39 is 33.9 Å². The van der Waals surface area contributed by atoms with Crippen molar-refractivity contribution < 1.29 is 27.9 Å². The predicted molar refractivity (Wildman–Crippen MR) is 137 cm³/mol. The third kappa shape index (κ3) is 12.2. The molecule has 0 fully saturated rings. The summed E-state index contributed by atoms with van der Waals surface area (Å²) < 4.78 is 29.0. The molecule has 0 spiro atoms. The Balaban J connectivity index is 2.97. The van der Waals surface area contributed by atoms with Gasteiger partial charge in [0.15, 0.2) is 0 Å². The minimum absolute atomic E-state index is 0.0671. The van der Waals surface area contributed by atoms with Gasteiger partial charge in [0.05, 0.1) is 12.4 Å². The first-order chi connectivity index (χ1) is 16.0. The van der Waals surface area contributed by atoms with Crippen molar-refractivity contribution in [2.45, 2.75) is 57.3 Å². The van der Waals surface area contributed by atoms with Gasteiger partial charge < -0.3 is 26.2 Å². The molecule has 34 heavy (non-hydrogen) atoms. The van der Waals surface area contributed by atoms with Crippen LogP contribution in [0, 0.1) is 5.92 Å². The number of amides is 1. The number of hydrogen-bond donors (Lipinski definition) is 5. The molecule has 1 aromatic carbocycles. The molecule has 0 unspecified atom stereocenters. The fraction of sp³-hybridized carbons (Fsp3) is 0.652. The van der Waals surface area contributed by atoms with Gasteiger partial charge in [-0.2, -0.15) is 12.6 Å². The fourth-order valence-corrected chi connectivity index (χ4v) is 4.00. The van der Waals surface area contributed by atoms with E-state index in [-0.39, 0.29) is 43.2 Å². The summed E-state index contributed by atoms with van der Waals surface area (Å²) in [5, 5.41) is 15.3. The van der Waals surface area contributed by atoms with E-state index in [1.807, 2.05) is 30.3 Å². The van der Waals surface area contributed by atoms with Crippen molar-refractivity contribution in [3.63, 3.8) is 0 Å². The van der Waals surface area contributed by atoms with E-state index in [1.165, 1.54) is 0 Å². The molecule has 0 saturated heterocycles. The first-order valence-electron chi connectivity index (χ1n) is 11.4. The molecule has 0 saturated carbocycles. The molecule has 5 N–H and O–H groups in total. The van der Waals surface area contributed by atoms with Gasteiger partial charge in [-0.05, 0) is 17.9 Å². The van der Waals surface area contributed by atoms with Gasteiger partial charge in [-0.1, -0.05) is 50.6 Å². The Morgan fingerprint density at radius 3 is 2.41 bits per heavy atom. The molecule has 0 aromatic heterocycles. The van der Waals surface area contributed by atoms with E-state index in [0.717, 1.165) is 18.2 Å². The van der Waals surface area contributed by atoms with Gasteiger partial charge in [-0.15, -0.1) is 0 Å². The monoisotopic (exact) mass is 517 g/mol. The highest BCUT2D eigenvalue weighted by Gasteiger charge is 2.28. The maximum Gasteiger partial charge on any atom is 0.326 e. The van der Waals surface area contributed by atoms with Crippen molar-refractivity contribution in [2.75, 3.05) is 30.9 Å². The second-order valence-electron chi connectivity index (χ2n) is 8.67. The Morgan fingerprint density at radius 1 is 1.24 bits per heavy atom. The molecule has 1 aromatic rings. The number of carboxylic acids is 1. The third-order valence-corrected chi connectivity index (χ3v) is 7.08. The highest BCUT2D eigenvalue weighted by molar-refractivity contribution is 7.90. The average molecular weight is 518 g/mol. The predicted octanol–water partition coefficient (Wildman–Crippen LogP) is 0.880. The van der Waals surface area contributed by atoms with Crippen LogP contribution in [0.4, 0.5) is 0 Å². The summed E-state index contributed by atoms with van der Waals surface area (Å²) in [6.45, 7) is 4.90. The standard InChI is InChI=1S/C23H39N3O6S2/c1-4-16(2)20(25-13-18(24)15-33)14-32-21(12-17-8-6-5-7-9-17)22(27)26-19(23(28)29)10-11-34(3,30)31/h5-9,16,18-21,25,33H,4,10-15,24H2,1-3H3,(H,26,27)(H,28,29)/t16-,18+,19-,20-,21-/m0/s1. The Labute approximate surface area is 208 Å². The van der Waals surface area contributed by atoms with Crippen LogP contribution in [0.1, 0.15) is 32.3 Å². The third-order valence-electron chi connectivity index (χ3n) is 5.63. The Kier molecular flexibility index (Phi) is 13.7. The minimum atomic E-state index is -3.38. The number of carboxylic acid groups (broad SMARTS) is 1. The molecular formula is C23H39N3O6S2. The van der Waals surface area contributed by atoms with Crippen LogP contribution in [0.25, 0.3) is 0 Å². The molecule has 5 atom stereocenters. The first-order valence-corrected chi connectivity index (χ1v) is 14.1. The normalized spacial score (nSPS) is 16.3. The summed E-state index contributed by atoms with van der Waals surface area (Å²) >= 11 is 4.21. The Hall–Kier alpha value is -1.66. The molecule has 0 heterocycles. The summed E-state index contributed by atoms with van der Waals surface area (Å²) in [5.41, 5.74) is 6.83. The molecule has 9 nitrogen and oxygen atoms in total. The highest BCUT2D eigenvalue weighted by atomic mass is 32.2. The number of nitrogens with one attached hydrogen (secondary N) is 2. The summed E-state index contributed by atoms with van der Waals surface area (Å²) in [6, 6.07) is 7.75. The van der Waals surface area contributed by atoms with Crippen molar-refractivity contribution >= 4 is 34.3 Å². The summed E-state index contributed by atoms with van der Waals surface area (Å²) in [4.78, 5) is 24.7. The lowest BCUT2D eigenvalue weighted by Gasteiger charge is -2.28. The number of thiol groups is 1. The minimum Gasteiger partial charge on any atom is -0.480 e. The number of aliphatic carboxylic acids is 1. The van der Waals surface area contributed by atoms with Gasteiger partial charge in [0, 0.05) is 37.1 Å². The molecule has 1 amide bonds. The molecule has 0 aliphatic rings. The zero-order chi connectivity index (χ0) is 25.7. The van der Waals surface area contributed by atoms with Crippen LogP contribution in [0.3, 0.4) is 0 Å². The summed E-state index contributed by atoms with van der Waals surface area (Å²) in [6.07, 6.45) is 0.982. The van der Waals surface area contributed by atoms with Crippen LogP contribution in [0.15, 0.2) is 30.3 Å². The van der Waals surface area contributed by atoms with E-state index in [9.17, 15) is 23.1 Å². The zero-order valence-corrected chi connectivity index (χ0v) is 21.9. The number of carbonyl (C=O) groups excluding carboxylic acids is 1. The highest BCUT2D eigenvalue weighted by Crippen LogP contribution is 2.13. The van der Waals surface area contributed by atoms with E-state index in [0.29, 0.717) is 12.3 Å². The largest absolute Gasteiger partial charge is 0.480 e. The molecule has 11 heteroatoms. The number of rotatable bonds is 17. The zero-order valence-electron chi connectivity index (χ0n) is 20.1. The maximum atomic E-state index is 13.1. The van der Waals surface area contributed by atoms with Crippen molar-refractivity contribution in [3.8, 4) is 0 Å². The fourth-order valence-electron chi connectivity index (χ4n) is 3.21. The summed E-state index contributed by atoms with van der Waals surface area (Å²) in [7, 11) is -3.38. The van der Waals surface area contributed by atoms with E-state index in [1.54, 1.807) is 0 Å². The van der Waals surface area contributed by atoms with Crippen LogP contribution in [-0.4, -0.2) is 80.5 Å². The summed E-state index contributed by atoms with van der Waals surface area (Å²) in [5.74, 6) is -1.46. The van der Waals surface area contributed by atoms with E-state index in [4.69, 9.17) is 10.5 Å². The SMILES string of the molecule is CC[C@H](C)[C@H](CO[C@@H](Cc1ccccc1)C(=O)N[C@@H](CCS(C)(=O)=O)C(=O)O)NC[C@@H](N)CS. The molecule has 194 valence electrons. The van der Waals surface area contributed by atoms with E-state index in [2.05, 4.69) is 37.1 Å². The average Bonchev–Trinajstić information content (AvgIpc) is 2.79. The van der Waals surface area contributed by atoms with Gasteiger partial charge in [0.25, 0.3) is 0 Å². The van der Waals surface area contributed by atoms with Crippen LogP contribution in [-0.2, 0) is 30.6 Å². The number of benzene rings is 1. The topological polar surface area (TPSA) is 148 Å². The van der Waals surface area contributed by atoms with Gasteiger partial charge in [-0.3, -0.25) is 4.79 Å². The number of ether oxygens (including phenoxy) is 1. The molecule has 1 rings (SSSR count). The molecule has 0 aliphatic carbocycles. The van der Waals surface area contributed by atoms with Gasteiger partial charge in [0.1, 0.15) is 22.0 Å². The molecular weight excluding hydrogens is 478 g/mol. The lowest BCUT2D eigenvalue weighted by molar-refractivity contribution is -0.144. The lowest BCUT2D eigenvalue weighted by atomic mass is 9.99. The maximum absolute atomic E-state index is 13.1. The second kappa shape index (κ2) is 15.4. The van der Waals surface area contributed by atoms with Crippen molar-refractivity contribution in [1.82, 2.24) is 10.6 Å². The molecule has 0 aliphatic heterocycles. The number of carbonyl (C=O) groups is 2. The van der Waals surface area contributed by atoms with Crippen LogP contribution in [0.5, 0.6) is 0 Å². The second-order valence-corrected chi connectivity index (χ2v) is 11.3. The first kappa shape index (κ1) is 30.4. The Bertz CT molecular complexity index is 854. The molecule has 0 bridgehead atoms. The van der Waals surface area contributed by atoms with Crippen LogP contribution >= 0.6 is 12.6 Å². The van der Waals surface area contributed by atoms with Crippen molar-refractivity contribution in [1.29, 1.82) is 0 Å². The van der Waals surface area contributed by atoms with Gasteiger partial charge in [0.2, 0.25) is 5.91 Å². The van der Waals surface area contributed by atoms with E-state index >= 15 is 0 Å². The Morgan fingerprint density at radius 2 is 1.88 bits per heavy atom. The van der Waals surface area contributed by atoms with Crippen molar-refractivity contribution in [2.24, 2.45) is 11.7 Å². The number of sulfone groups is 1. The quantitative estimate of drug-likeness (QED) is 0.191. The lowest BCUT2D eigenvalue weighted by Crippen LogP contribution is -2.50. The smallest absolute Gasteiger partial charge is 0.326 e. The number of nitrogens with two attached hydrogens (primary N) is 1. The van der Waals surface area contributed by atoms with Crippen molar-refractivity contribution in [3.05, 3.63) is 35.9 Å². The van der Waals surface area contributed by atoms with Gasteiger partial charge >= 0.3 is 5.97 Å². The number of hydrogen-bond acceptors (Lipinski definition) is 8. The van der Waals surface area contributed by atoms with Crippen LogP contribution < -0.4 is 16.4 Å². The van der Waals surface area contributed by atoms with Crippen LogP contribution in [0.2, 0.25) is 0 Å². The molecule has 0 radical (unpaired) electrons.